The normalized spacial score (nSPS) is 10.9. The summed E-state index contributed by atoms with van der Waals surface area (Å²) < 4.78 is 8.65. The van der Waals surface area contributed by atoms with Gasteiger partial charge >= 0.3 is 0 Å². The minimum atomic E-state index is 0. The molecule has 0 aliphatic rings. The van der Waals surface area contributed by atoms with Gasteiger partial charge in [0, 0.05) is 43.6 Å². The molecule has 5 nitrogen and oxygen atoms in total. The predicted molar refractivity (Wildman–Crippen MR) is 189 cm³/mol. The van der Waals surface area contributed by atoms with Crippen LogP contribution < -0.4 is 0 Å². The molecule has 4 aromatic heterocycles. The van der Waals surface area contributed by atoms with Crippen LogP contribution in [-0.2, 0) is 20.1 Å². The van der Waals surface area contributed by atoms with Crippen LogP contribution in [0.3, 0.4) is 0 Å². The first-order valence-corrected chi connectivity index (χ1v) is 15.4. The van der Waals surface area contributed by atoms with Gasteiger partial charge in [-0.25, -0.2) is 4.98 Å². The summed E-state index contributed by atoms with van der Waals surface area (Å²) in [5.74, 6) is 0.761. The van der Waals surface area contributed by atoms with E-state index in [-0.39, 0.29) is 20.1 Å². The molecule has 9 rings (SSSR count). The molecular formula is C42H28IrN4O-2. The molecule has 0 spiro atoms. The third-order valence-electron chi connectivity index (χ3n) is 8.08. The average Bonchev–Trinajstić information content (AvgIpc) is 3.71. The first kappa shape index (κ1) is 30.9. The molecule has 0 N–H and O–H groups in total. The van der Waals surface area contributed by atoms with Crippen molar-refractivity contribution >= 4 is 33.1 Å². The number of aromatic nitrogens is 4. The summed E-state index contributed by atoms with van der Waals surface area (Å²) in [6, 6.07) is 53.4. The fourth-order valence-electron chi connectivity index (χ4n) is 5.86. The van der Waals surface area contributed by atoms with Gasteiger partial charge in [-0.2, -0.15) is 0 Å². The zero-order valence-corrected chi connectivity index (χ0v) is 28.4. The molecule has 0 bridgehead atoms. The predicted octanol–water partition coefficient (Wildman–Crippen LogP) is 10.3. The number of fused-ring (bicyclic) bond motifs is 4. The maximum Gasteiger partial charge on any atom is 0.168 e. The summed E-state index contributed by atoms with van der Waals surface area (Å²) >= 11 is 0. The second kappa shape index (κ2) is 13.6. The second-order valence-corrected chi connectivity index (χ2v) is 11.2. The maximum atomic E-state index is 6.51. The van der Waals surface area contributed by atoms with Gasteiger partial charge in [-0.05, 0) is 59.6 Å². The van der Waals surface area contributed by atoms with E-state index in [0.717, 1.165) is 72.5 Å². The number of nitrogens with zero attached hydrogens (tertiary/aromatic N) is 4. The van der Waals surface area contributed by atoms with E-state index in [1.807, 2.05) is 85.9 Å². The third kappa shape index (κ3) is 5.95. The van der Waals surface area contributed by atoms with Crippen molar-refractivity contribution < 1.29 is 24.5 Å². The Kier molecular flexibility index (Phi) is 8.76. The van der Waals surface area contributed by atoms with Crippen LogP contribution in [0.4, 0.5) is 0 Å². The number of furan rings is 1. The van der Waals surface area contributed by atoms with Crippen molar-refractivity contribution in [1.29, 1.82) is 0 Å². The fourth-order valence-corrected chi connectivity index (χ4v) is 5.86. The van der Waals surface area contributed by atoms with Crippen molar-refractivity contribution in [1.82, 2.24) is 19.5 Å². The Morgan fingerprint density at radius 3 is 2.23 bits per heavy atom. The molecule has 6 heteroatoms. The number of rotatable bonds is 4. The standard InChI is InChI=1S/C31H20N3O.C11H8N.Ir/c1-20-17-27-30(32-19-20)33-31(34(27)23-11-6-3-7-12-23)26-14-8-13-25-24-16-15-22(18-28(24)35-29(25)26)21-9-4-2-5-10-21;1-2-6-10(7-3-1)11-8-4-5-9-12-11;/h2-13,15-19H,1H3;1-6,8-9H;/q2*-1;. The Morgan fingerprint density at radius 1 is 0.667 bits per heavy atom. The summed E-state index contributed by atoms with van der Waals surface area (Å²) in [7, 11) is 0. The number of benzene rings is 5. The molecule has 5 aromatic carbocycles. The van der Waals surface area contributed by atoms with Gasteiger partial charge in [-0.15, -0.1) is 54.1 Å². The number of pyridine rings is 2. The van der Waals surface area contributed by atoms with Gasteiger partial charge < -0.3 is 14.0 Å². The fraction of sp³-hybridized carbons (Fsp3) is 0.0238. The van der Waals surface area contributed by atoms with E-state index < -0.39 is 0 Å². The Bertz CT molecular complexity index is 2420. The third-order valence-corrected chi connectivity index (χ3v) is 8.08. The molecule has 4 heterocycles. The van der Waals surface area contributed by atoms with Crippen LogP contribution in [0, 0.1) is 19.1 Å². The molecule has 9 aromatic rings. The van der Waals surface area contributed by atoms with Gasteiger partial charge in [0.05, 0.1) is 16.9 Å². The van der Waals surface area contributed by atoms with Crippen molar-refractivity contribution in [3.63, 3.8) is 0 Å². The number of para-hydroxylation sites is 1. The Labute approximate surface area is 291 Å². The molecule has 48 heavy (non-hydrogen) atoms. The van der Waals surface area contributed by atoms with E-state index in [4.69, 9.17) is 9.40 Å². The molecule has 0 aliphatic heterocycles. The number of hydrogen-bond acceptors (Lipinski definition) is 4. The Hall–Kier alpha value is -5.68. The Morgan fingerprint density at radius 2 is 1.46 bits per heavy atom. The van der Waals surface area contributed by atoms with Crippen LogP contribution in [0.2, 0.25) is 0 Å². The first-order valence-electron chi connectivity index (χ1n) is 15.4. The van der Waals surface area contributed by atoms with Crippen LogP contribution in [0.15, 0.2) is 156 Å². The van der Waals surface area contributed by atoms with E-state index in [1.165, 1.54) is 0 Å². The zero-order chi connectivity index (χ0) is 31.6. The molecule has 0 atom stereocenters. The van der Waals surface area contributed by atoms with Crippen LogP contribution in [-0.4, -0.2) is 19.5 Å². The maximum absolute atomic E-state index is 6.51. The summed E-state index contributed by atoms with van der Waals surface area (Å²) in [5.41, 5.74) is 10.5. The molecule has 0 aliphatic carbocycles. The van der Waals surface area contributed by atoms with Gasteiger partial charge in [0.25, 0.3) is 0 Å². The van der Waals surface area contributed by atoms with Crippen molar-refractivity contribution in [2.75, 3.05) is 0 Å². The molecule has 0 amide bonds. The van der Waals surface area contributed by atoms with Crippen molar-refractivity contribution in [3.05, 3.63) is 170 Å². The summed E-state index contributed by atoms with van der Waals surface area (Å²) in [6.45, 7) is 2.05. The molecule has 233 valence electrons. The first-order chi connectivity index (χ1) is 23.2. The second-order valence-electron chi connectivity index (χ2n) is 11.2. The van der Waals surface area contributed by atoms with Gasteiger partial charge in [-0.3, -0.25) is 4.98 Å². The molecule has 1 radical (unpaired) electrons. The largest absolute Gasteiger partial charge is 0.501 e. The molecule has 0 saturated heterocycles. The minimum Gasteiger partial charge on any atom is -0.501 e. The smallest absolute Gasteiger partial charge is 0.168 e. The molecule has 0 saturated carbocycles. The quantitative estimate of drug-likeness (QED) is 0.167. The van der Waals surface area contributed by atoms with Gasteiger partial charge in [0.1, 0.15) is 5.58 Å². The minimum absolute atomic E-state index is 0. The summed E-state index contributed by atoms with van der Waals surface area (Å²) in [4.78, 5) is 13.8. The van der Waals surface area contributed by atoms with Crippen LogP contribution in [0.25, 0.3) is 72.6 Å². The monoisotopic (exact) mass is 797 g/mol. The van der Waals surface area contributed by atoms with Crippen molar-refractivity contribution in [2.24, 2.45) is 0 Å². The van der Waals surface area contributed by atoms with Crippen molar-refractivity contribution in [3.8, 4) is 39.5 Å². The summed E-state index contributed by atoms with van der Waals surface area (Å²) in [5, 5.41) is 2.12. The molecule has 0 fully saturated rings. The zero-order valence-electron chi connectivity index (χ0n) is 26.0. The van der Waals surface area contributed by atoms with E-state index in [0.29, 0.717) is 5.65 Å². The van der Waals surface area contributed by atoms with Crippen LogP contribution >= 0.6 is 0 Å². The van der Waals surface area contributed by atoms with E-state index in [9.17, 15) is 0 Å². The van der Waals surface area contributed by atoms with Crippen LogP contribution in [0.1, 0.15) is 5.56 Å². The van der Waals surface area contributed by atoms with E-state index in [2.05, 4.69) is 93.4 Å². The Balaban J connectivity index is 0.000000237. The van der Waals surface area contributed by atoms with Crippen molar-refractivity contribution in [2.45, 2.75) is 6.92 Å². The SMILES string of the molecule is Cc1cnc2nc(-c3[c-]ccc4c3oc3cc(-c5ccccc5)ccc34)n(-c3ccccc3)c2c1.[Ir].[c-]1ccccc1-c1ccccn1. The number of hydrogen-bond donors (Lipinski definition) is 0. The summed E-state index contributed by atoms with van der Waals surface area (Å²) in [6.07, 6.45) is 3.64. The number of imidazole rings is 1. The van der Waals surface area contributed by atoms with Gasteiger partial charge in [0.2, 0.25) is 0 Å². The number of aryl methyl sites for hydroxylation is 1. The average molecular weight is 797 g/mol. The molecular weight excluding hydrogens is 769 g/mol. The topological polar surface area (TPSA) is 56.7 Å². The van der Waals surface area contributed by atoms with E-state index >= 15 is 0 Å². The van der Waals surface area contributed by atoms with Gasteiger partial charge in [0.15, 0.2) is 5.65 Å². The molecule has 0 unspecified atom stereocenters. The van der Waals surface area contributed by atoms with Crippen LogP contribution in [0.5, 0.6) is 0 Å². The van der Waals surface area contributed by atoms with E-state index in [1.54, 1.807) is 6.20 Å². The van der Waals surface area contributed by atoms with Gasteiger partial charge in [-0.1, -0.05) is 83.7 Å².